The molecule has 0 saturated carbocycles. The first-order chi connectivity index (χ1) is 11.8. The first kappa shape index (κ1) is 20.2. The van der Waals surface area contributed by atoms with E-state index in [1.54, 1.807) is 7.11 Å². The molecule has 2 aliphatic rings. The molecule has 0 aliphatic carbocycles. The zero-order valence-corrected chi connectivity index (χ0v) is 17.6. The molecule has 7 heteroatoms. The van der Waals surface area contributed by atoms with E-state index < -0.39 is 0 Å². The summed E-state index contributed by atoms with van der Waals surface area (Å²) in [6.07, 6.45) is 5.33. The average molecular weight is 459 g/mol. The number of nitrogens with one attached hydrogen (secondary N) is 1. The molecule has 0 radical (unpaired) electrons. The first-order valence-electron chi connectivity index (χ1n) is 8.99. The smallest absolute Gasteiger partial charge is 0.213 e. The highest BCUT2D eigenvalue weighted by atomic mass is 127. The van der Waals surface area contributed by atoms with Crippen LogP contribution in [0.4, 0.5) is 0 Å². The Kier molecular flexibility index (Phi) is 8.21. The third-order valence-corrected chi connectivity index (χ3v) is 5.00. The van der Waals surface area contributed by atoms with E-state index >= 15 is 0 Å². The zero-order chi connectivity index (χ0) is 16.8. The van der Waals surface area contributed by atoms with Crippen molar-refractivity contribution in [3.8, 4) is 5.88 Å². The molecule has 0 aromatic carbocycles. The minimum Gasteiger partial charge on any atom is -0.481 e. The number of halogens is 1. The van der Waals surface area contributed by atoms with Gasteiger partial charge in [-0.1, -0.05) is 12.5 Å². The number of aromatic nitrogens is 1. The Morgan fingerprint density at radius 3 is 2.80 bits per heavy atom. The van der Waals surface area contributed by atoms with Crippen molar-refractivity contribution in [1.82, 2.24) is 20.1 Å². The van der Waals surface area contributed by atoms with Crippen molar-refractivity contribution in [3.63, 3.8) is 0 Å². The number of aliphatic imine (C=N–C) groups is 1. The highest BCUT2D eigenvalue weighted by Crippen LogP contribution is 2.20. The summed E-state index contributed by atoms with van der Waals surface area (Å²) in [5.74, 6) is 1.62. The van der Waals surface area contributed by atoms with Gasteiger partial charge in [0.2, 0.25) is 5.88 Å². The molecule has 1 atom stereocenters. The third-order valence-electron chi connectivity index (χ3n) is 5.00. The summed E-state index contributed by atoms with van der Waals surface area (Å²) >= 11 is 0. The van der Waals surface area contributed by atoms with Crippen molar-refractivity contribution in [2.45, 2.75) is 38.3 Å². The third kappa shape index (κ3) is 5.44. The molecule has 2 saturated heterocycles. The van der Waals surface area contributed by atoms with Crippen LogP contribution in [0.2, 0.25) is 0 Å². The number of ether oxygens (including phenoxy) is 1. The Morgan fingerprint density at radius 2 is 2.08 bits per heavy atom. The van der Waals surface area contributed by atoms with Crippen molar-refractivity contribution in [1.29, 1.82) is 0 Å². The summed E-state index contributed by atoms with van der Waals surface area (Å²) in [4.78, 5) is 13.9. The highest BCUT2D eigenvalue weighted by Gasteiger charge is 2.29. The van der Waals surface area contributed by atoms with E-state index in [2.05, 4.69) is 25.1 Å². The van der Waals surface area contributed by atoms with Gasteiger partial charge in [0.1, 0.15) is 0 Å². The average Bonchev–Trinajstić information content (AvgIpc) is 3.13. The highest BCUT2D eigenvalue weighted by molar-refractivity contribution is 14.0. The molecular weight excluding hydrogens is 429 g/mol. The number of rotatable bonds is 4. The second-order valence-corrected chi connectivity index (χ2v) is 6.56. The van der Waals surface area contributed by atoms with Gasteiger partial charge in [-0.3, -0.25) is 9.89 Å². The number of pyridine rings is 1. The number of hydrogen-bond donors (Lipinski definition) is 1. The molecule has 140 valence electrons. The maximum absolute atomic E-state index is 5.18. The fourth-order valence-corrected chi connectivity index (χ4v) is 3.69. The molecule has 0 amide bonds. The number of guanidine groups is 1. The Balaban J connectivity index is 0.00000225. The maximum Gasteiger partial charge on any atom is 0.213 e. The first-order valence-corrected chi connectivity index (χ1v) is 8.99. The summed E-state index contributed by atoms with van der Waals surface area (Å²) in [5.41, 5.74) is 0.960. The molecule has 1 unspecified atom stereocenters. The number of hydrogen-bond acceptors (Lipinski definition) is 4. The van der Waals surface area contributed by atoms with Gasteiger partial charge >= 0.3 is 0 Å². The van der Waals surface area contributed by atoms with E-state index in [9.17, 15) is 0 Å². The molecule has 1 aromatic rings. The van der Waals surface area contributed by atoms with Crippen LogP contribution in [0, 0.1) is 0 Å². The Labute approximate surface area is 168 Å². The van der Waals surface area contributed by atoms with Gasteiger partial charge in [-0.25, -0.2) is 4.98 Å². The molecule has 25 heavy (non-hydrogen) atoms. The fourth-order valence-electron chi connectivity index (χ4n) is 3.69. The Morgan fingerprint density at radius 1 is 1.28 bits per heavy atom. The number of likely N-dealkylation sites (tertiary alicyclic amines) is 2. The van der Waals surface area contributed by atoms with Gasteiger partial charge in [-0.2, -0.15) is 0 Å². The van der Waals surface area contributed by atoms with Gasteiger partial charge in [0.05, 0.1) is 19.3 Å². The number of nitrogens with zero attached hydrogens (tertiary/aromatic N) is 4. The lowest BCUT2D eigenvalue weighted by Gasteiger charge is -2.32. The van der Waals surface area contributed by atoms with E-state index in [1.807, 2.05) is 25.2 Å². The number of piperidine rings is 1. The van der Waals surface area contributed by atoms with Crippen LogP contribution in [-0.2, 0) is 6.54 Å². The van der Waals surface area contributed by atoms with Crippen LogP contribution < -0.4 is 10.1 Å². The molecule has 3 rings (SSSR count). The van der Waals surface area contributed by atoms with Gasteiger partial charge < -0.3 is 15.0 Å². The maximum atomic E-state index is 5.18. The number of methoxy groups -OCH3 is 1. The fraction of sp³-hybridized carbons (Fsp3) is 0.667. The zero-order valence-electron chi connectivity index (χ0n) is 15.3. The monoisotopic (exact) mass is 459 g/mol. The molecule has 0 bridgehead atoms. The Bertz CT molecular complexity index is 562. The van der Waals surface area contributed by atoms with Crippen molar-refractivity contribution in [3.05, 3.63) is 23.9 Å². The van der Waals surface area contributed by atoms with Crippen molar-refractivity contribution in [2.24, 2.45) is 4.99 Å². The lowest BCUT2D eigenvalue weighted by molar-refractivity contribution is 0.168. The van der Waals surface area contributed by atoms with Crippen molar-refractivity contribution < 1.29 is 4.74 Å². The lowest BCUT2D eigenvalue weighted by atomic mass is 10.1. The van der Waals surface area contributed by atoms with E-state index in [4.69, 9.17) is 4.74 Å². The second kappa shape index (κ2) is 10.2. The normalized spacial score (nSPS) is 21.8. The molecule has 1 N–H and O–H groups in total. The second-order valence-electron chi connectivity index (χ2n) is 6.56. The molecule has 3 heterocycles. The summed E-state index contributed by atoms with van der Waals surface area (Å²) in [5, 5.41) is 3.44. The summed E-state index contributed by atoms with van der Waals surface area (Å²) < 4.78 is 5.18. The van der Waals surface area contributed by atoms with Gasteiger partial charge in [-0.15, -0.1) is 24.0 Å². The van der Waals surface area contributed by atoms with E-state index in [1.165, 1.54) is 38.8 Å². The van der Waals surface area contributed by atoms with Crippen LogP contribution in [0.3, 0.4) is 0 Å². The predicted octanol–water partition coefficient (Wildman–Crippen LogP) is 2.34. The van der Waals surface area contributed by atoms with Gasteiger partial charge in [-0.05, 0) is 38.4 Å². The van der Waals surface area contributed by atoms with Crippen LogP contribution in [0.25, 0.3) is 0 Å². The van der Waals surface area contributed by atoms with E-state index in [0.29, 0.717) is 18.5 Å². The van der Waals surface area contributed by atoms with Crippen LogP contribution in [0.5, 0.6) is 5.88 Å². The van der Waals surface area contributed by atoms with Gasteiger partial charge in [0, 0.05) is 32.2 Å². The SMILES string of the molecule is CN=C(NCc1cccc(OC)n1)N1CCC(N2CCCCC2)C1.I. The van der Waals surface area contributed by atoms with Gasteiger partial charge in [0.25, 0.3) is 0 Å². The van der Waals surface area contributed by atoms with Crippen LogP contribution >= 0.6 is 24.0 Å². The lowest BCUT2D eigenvalue weighted by Crippen LogP contribution is -2.44. The summed E-state index contributed by atoms with van der Waals surface area (Å²) in [6.45, 7) is 5.34. The molecule has 0 spiro atoms. The Hall–Kier alpha value is -1.09. The summed E-state index contributed by atoms with van der Waals surface area (Å²) in [7, 11) is 3.50. The molecule has 2 aliphatic heterocycles. The van der Waals surface area contributed by atoms with Crippen LogP contribution in [0.1, 0.15) is 31.4 Å². The molecular formula is C18H30IN5O. The minimum absolute atomic E-state index is 0. The van der Waals surface area contributed by atoms with Crippen molar-refractivity contribution >= 4 is 29.9 Å². The molecule has 6 nitrogen and oxygen atoms in total. The molecule has 1 aromatic heterocycles. The minimum atomic E-state index is 0. The van der Waals surface area contributed by atoms with Crippen molar-refractivity contribution in [2.75, 3.05) is 40.3 Å². The predicted molar refractivity (Wildman–Crippen MR) is 112 cm³/mol. The van der Waals surface area contributed by atoms with E-state index in [-0.39, 0.29) is 24.0 Å². The topological polar surface area (TPSA) is 53.0 Å². The van der Waals surface area contributed by atoms with E-state index in [0.717, 1.165) is 24.7 Å². The quantitative estimate of drug-likeness (QED) is 0.426. The summed E-state index contributed by atoms with van der Waals surface area (Å²) in [6, 6.07) is 6.51. The standard InChI is InChI=1S/C18H29N5O.HI/c1-19-18(20-13-15-7-6-8-17(21-15)24-2)23-12-9-16(14-23)22-10-4-3-5-11-22;/h6-8,16H,3-5,9-14H2,1-2H3,(H,19,20);1H. The molecule has 2 fully saturated rings. The largest absolute Gasteiger partial charge is 0.481 e. The van der Waals surface area contributed by atoms with Gasteiger partial charge in [0.15, 0.2) is 5.96 Å². The van der Waals surface area contributed by atoms with Crippen LogP contribution in [-0.4, -0.2) is 67.1 Å². The van der Waals surface area contributed by atoms with Crippen LogP contribution in [0.15, 0.2) is 23.2 Å².